The van der Waals surface area contributed by atoms with Gasteiger partial charge < -0.3 is 10.0 Å². The third kappa shape index (κ3) is 3.35. The number of aromatic carboxylic acids is 1. The summed E-state index contributed by atoms with van der Waals surface area (Å²) in [6.07, 6.45) is 3.60. The second-order valence-electron chi connectivity index (χ2n) is 5.50. The molecule has 1 saturated carbocycles. The van der Waals surface area contributed by atoms with Crippen LogP contribution in [0.1, 0.15) is 36.5 Å². The summed E-state index contributed by atoms with van der Waals surface area (Å²) in [4.78, 5) is 27.1. The summed E-state index contributed by atoms with van der Waals surface area (Å²) in [5.74, 6) is -0.427. The first-order chi connectivity index (χ1) is 10.0. The van der Waals surface area contributed by atoms with Gasteiger partial charge in [0.05, 0.1) is 11.3 Å². The molecule has 0 atom stereocenters. The maximum absolute atomic E-state index is 12.6. The SMILES string of the molecule is CCN(CC1CCC1)C(=O)N(C)c1ccccc1C(=O)O. The lowest BCUT2D eigenvalue weighted by molar-refractivity contribution is 0.0697. The lowest BCUT2D eigenvalue weighted by Gasteiger charge is -2.34. The Labute approximate surface area is 125 Å². The van der Waals surface area contributed by atoms with Crippen LogP contribution in [-0.2, 0) is 0 Å². The Morgan fingerprint density at radius 2 is 1.95 bits per heavy atom. The van der Waals surface area contributed by atoms with Crippen molar-refractivity contribution in [2.45, 2.75) is 26.2 Å². The molecule has 0 unspecified atom stereocenters. The monoisotopic (exact) mass is 290 g/mol. The average Bonchev–Trinajstić information content (AvgIpc) is 2.45. The van der Waals surface area contributed by atoms with Crippen LogP contribution in [0, 0.1) is 5.92 Å². The quantitative estimate of drug-likeness (QED) is 0.906. The van der Waals surface area contributed by atoms with Gasteiger partial charge >= 0.3 is 12.0 Å². The van der Waals surface area contributed by atoms with E-state index in [-0.39, 0.29) is 11.6 Å². The molecule has 0 aromatic heterocycles. The van der Waals surface area contributed by atoms with Gasteiger partial charge in [-0.05, 0) is 37.8 Å². The molecule has 0 saturated heterocycles. The Balaban J connectivity index is 2.15. The molecule has 0 aliphatic heterocycles. The van der Waals surface area contributed by atoms with Gasteiger partial charge in [0.15, 0.2) is 0 Å². The van der Waals surface area contributed by atoms with E-state index in [2.05, 4.69) is 0 Å². The number of hydrogen-bond acceptors (Lipinski definition) is 2. The second-order valence-corrected chi connectivity index (χ2v) is 5.50. The number of para-hydroxylation sites is 1. The lowest BCUT2D eigenvalue weighted by Crippen LogP contribution is -2.44. The molecule has 0 spiro atoms. The Kier molecular flexibility index (Phi) is 4.83. The fourth-order valence-electron chi connectivity index (χ4n) is 2.59. The standard InChI is InChI=1S/C16H22N2O3/c1-3-18(11-12-7-6-8-12)16(21)17(2)14-10-5-4-9-13(14)15(19)20/h4-5,9-10,12H,3,6-8,11H2,1-2H3,(H,19,20). The minimum Gasteiger partial charge on any atom is -0.478 e. The van der Waals surface area contributed by atoms with Crippen molar-refractivity contribution in [3.63, 3.8) is 0 Å². The number of benzene rings is 1. The van der Waals surface area contributed by atoms with E-state index in [0.29, 0.717) is 18.2 Å². The first-order valence-corrected chi connectivity index (χ1v) is 7.39. The summed E-state index contributed by atoms with van der Waals surface area (Å²) < 4.78 is 0. The van der Waals surface area contributed by atoms with Crippen LogP contribution in [0.4, 0.5) is 10.5 Å². The number of nitrogens with zero attached hydrogens (tertiary/aromatic N) is 2. The Morgan fingerprint density at radius 3 is 2.48 bits per heavy atom. The third-order valence-corrected chi connectivity index (χ3v) is 4.14. The molecule has 2 rings (SSSR count). The third-order valence-electron chi connectivity index (χ3n) is 4.14. The predicted molar refractivity (Wildman–Crippen MR) is 81.8 cm³/mol. The predicted octanol–water partition coefficient (Wildman–Crippen LogP) is 3.06. The van der Waals surface area contributed by atoms with Crippen LogP contribution in [-0.4, -0.2) is 42.1 Å². The number of amides is 2. The van der Waals surface area contributed by atoms with Gasteiger partial charge in [-0.2, -0.15) is 0 Å². The first-order valence-electron chi connectivity index (χ1n) is 7.39. The van der Waals surface area contributed by atoms with Gasteiger partial charge in [-0.25, -0.2) is 9.59 Å². The Hall–Kier alpha value is -2.04. The highest BCUT2D eigenvalue weighted by atomic mass is 16.4. The van der Waals surface area contributed by atoms with Gasteiger partial charge in [-0.15, -0.1) is 0 Å². The molecule has 0 heterocycles. The van der Waals surface area contributed by atoms with Gasteiger partial charge in [0.25, 0.3) is 0 Å². The van der Waals surface area contributed by atoms with Crippen LogP contribution in [0.3, 0.4) is 0 Å². The van der Waals surface area contributed by atoms with Crippen LogP contribution < -0.4 is 4.90 Å². The molecule has 2 amide bonds. The van der Waals surface area contributed by atoms with Crippen LogP contribution in [0.2, 0.25) is 0 Å². The maximum Gasteiger partial charge on any atom is 0.337 e. The Bertz CT molecular complexity index is 526. The normalized spacial score (nSPS) is 14.4. The van der Waals surface area contributed by atoms with Gasteiger partial charge in [-0.1, -0.05) is 18.6 Å². The molecule has 5 nitrogen and oxygen atoms in total. The highest BCUT2D eigenvalue weighted by Crippen LogP contribution is 2.28. The van der Waals surface area contributed by atoms with Crippen molar-refractivity contribution in [3.8, 4) is 0 Å². The van der Waals surface area contributed by atoms with E-state index in [4.69, 9.17) is 0 Å². The number of hydrogen-bond donors (Lipinski definition) is 1. The molecule has 21 heavy (non-hydrogen) atoms. The number of carbonyl (C=O) groups is 2. The van der Waals surface area contributed by atoms with Crippen LogP contribution in [0.15, 0.2) is 24.3 Å². The van der Waals surface area contributed by atoms with E-state index >= 15 is 0 Å². The zero-order chi connectivity index (χ0) is 15.4. The van der Waals surface area contributed by atoms with Crippen LogP contribution >= 0.6 is 0 Å². The molecule has 114 valence electrons. The molecular weight excluding hydrogens is 268 g/mol. The highest BCUT2D eigenvalue weighted by Gasteiger charge is 2.26. The number of rotatable bonds is 5. The maximum atomic E-state index is 12.6. The molecular formula is C16H22N2O3. The molecule has 1 aromatic carbocycles. The van der Waals surface area contributed by atoms with Gasteiger partial charge in [0.1, 0.15) is 0 Å². The van der Waals surface area contributed by atoms with Crippen molar-refractivity contribution < 1.29 is 14.7 Å². The summed E-state index contributed by atoms with van der Waals surface area (Å²) in [5.41, 5.74) is 0.579. The zero-order valence-electron chi connectivity index (χ0n) is 12.6. The van der Waals surface area contributed by atoms with Gasteiger partial charge in [-0.3, -0.25) is 4.90 Å². The van der Waals surface area contributed by atoms with Gasteiger partial charge in [0, 0.05) is 20.1 Å². The fourth-order valence-corrected chi connectivity index (χ4v) is 2.59. The van der Waals surface area contributed by atoms with E-state index in [1.54, 1.807) is 30.1 Å². The zero-order valence-corrected chi connectivity index (χ0v) is 12.6. The van der Waals surface area contributed by atoms with E-state index in [0.717, 1.165) is 6.54 Å². The van der Waals surface area contributed by atoms with E-state index < -0.39 is 5.97 Å². The molecule has 1 aliphatic rings. The largest absolute Gasteiger partial charge is 0.478 e. The van der Waals surface area contributed by atoms with E-state index in [9.17, 15) is 14.7 Å². The number of carboxylic acids is 1. The van der Waals surface area contributed by atoms with Crippen molar-refractivity contribution in [3.05, 3.63) is 29.8 Å². The smallest absolute Gasteiger partial charge is 0.337 e. The Morgan fingerprint density at radius 1 is 1.29 bits per heavy atom. The van der Waals surface area contributed by atoms with E-state index in [1.165, 1.54) is 30.2 Å². The van der Waals surface area contributed by atoms with Crippen molar-refractivity contribution in [2.24, 2.45) is 5.92 Å². The highest BCUT2D eigenvalue weighted by molar-refractivity contribution is 6.01. The van der Waals surface area contributed by atoms with Crippen LogP contribution in [0.25, 0.3) is 0 Å². The summed E-state index contributed by atoms with van der Waals surface area (Å²) in [6, 6.07) is 6.45. The van der Waals surface area contributed by atoms with Crippen LogP contribution in [0.5, 0.6) is 0 Å². The fraction of sp³-hybridized carbons (Fsp3) is 0.500. The molecule has 0 radical (unpaired) electrons. The second kappa shape index (κ2) is 6.61. The molecule has 1 fully saturated rings. The molecule has 1 N–H and O–H groups in total. The number of anilines is 1. The molecule has 1 aliphatic carbocycles. The minimum atomic E-state index is -1.02. The van der Waals surface area contributed by atoms with Crippen molar-refractivity contribution >= 4 is 17.7 Å². The van der Waals surface area contributed by atoms with Crippen molar-refractivity contribution in [2.75, 3.05) is 25.0 Å². The van der Waals surface area contributed by atoms with Crippen molar-refractivity contribution in [1.82, 2.24) is 4.90 Å². The molecule has 0 bridgehead atoms. The summed E-state index contributed by atoms with van der Waals surface area (Å²) in [6.45, 7) is 3.34. The summed E-state index contributed by atoms with van der Waals surface area (Å²) >= 11 is 0. The molecule has 5 heteroatoms. The summed E-state index contributed by atoms with van der Waals surface area (Å²) in [5, 5.41) is 9.23. The average molecular weight is 290 g/mol. The lowest BCUT2D eigenvalue weighted by atomic mass is 9.85. The number of carboxylic acid groups (broad SMARTS) is 1. The minimum absolute atomic E-state index is 0.141. The molecule has 1 aromatic rings. The van der Waals surface area contributed by atoms with E-state index in [1.807, 2.05) is 6.92 Å². The van der Waals surface area contributed by atoms with Crippen molar-refractivity contribution in [1.29, 1.82) is 0 Å². The topological polar surface area (TPSA) is 60.9 Å². The van der Waals surface area contributed by atoms with Gasteiger partial charge in [0.2, 0.25) is 0 Å². The number of urea groups is 1. The summed E-state index contributed by atoms with van der Waals surface area (Å²) in [7, 11) is 1.63. The number of carbonyl (C=O) groups excluding carboxylic acids is 1. The first kappa shape index (κ1) is 15.4.